The molecule has 2 radical (unpaired) electrons. The van der Waals surface area contributed by atoms with Crippen LogP contribution >= 0.6 is 0 Å². The molecule has 3 nitrogen and oxygen atoms in total. The maximum Gasteiger partial charge on any atom is 0.251 e. The van der Waals surface area contributed by atoms with Crippen molar-refractivity contribution >= 4 is 13.8 Å². The van der Waals surface area contributed by atoms with Crippen molar-refractivity contribution < 1.29 is 9.63 Å². The number of amides is 1. The fourth-order valence-electron chi connectivity index (χ4n) is 1.72. The molecule has 0 aromatic rings. The van der Waals surface area contributed by atoms with Crippen molar-refractivity contribution in [3.8, 4) is 0 Å². The van der Waals surface area contributed by atoms with Gasteiger partial charge >= 0.3 is 0 Å². The summed E-state index contributed by atoms with van der Waals surface area (Å²) < 4.78 is 0. The Labute approximate surface area is 88.2 Å². The van der Waals surface area contributed by atoms with Gasteiger partial charge in [-0.25, -0.2) is 5.06 Å². The zero-order valence-electron chi connectivity index (χ0n) is 10.0. The van der Waals surface area contributed by atoms with E-state index >= 15 is 0 Å². The number of rotatable bonds is 4. The van der Waals surface area contributed by atoms with Crippen LogP contribution in [0.4, 0.5) is 0 Å². The van der Waals surface area contributed by atoms with Crippen LogP contribution in [0, 0.1) is 5.41 Å². The number of carbonyl (C=O) groups excluding carboxylic acids is 1. The number of nitrogens with zero attached hydrogens (tertiary/aromatic N) is 1. The Morgan fingerprint density at radius 1 is 1.36 bits per heavy atom. The van der Waals surface area contributed by atoms with E-state index < -0.39 is 5.41 Å². The quantitative estimate of drug-likeness (QED) is 0.507. The van der Waals surface area contributed by atoms with E-state index in [-0.39, 0.29) is 11.2 Å². The summed E-state index contributed by atoms with van der Waals surface area (Å²) in [5.41, 5.74) is -0.497. The van der Waals surface area contributed by atoms with Crippen LogP contribution in [0.25, 0.3) is 0 Å². The molecule has 0 N–H and O–H groups in total. The average molecular weight is 197 g/mol. The molecule has 0 aromatic heterocycles. The third-order valence-corrected chi connectivity index (χ3v) is 2.04. The third kappa shape index (κ3) is 4.14. The Morgan fingerprint density at radius 3 is 2.07 bits per heavy atom. The Morgan fingerprint density at radius 2 is 1.79 bits per heavy atom. The summed E-state index contributed by atoms with van der Waals surface area (Å²) in [5.74, 6) is -0.0569. The molecule has 0 fully saturated rings. The van der Waals surface area contributed by atoms with Crippen LogP contribution in [-0.4, -0.2) is 33.0 Å². The van der Waals surface area contributed by atoms with Gasteiger partial charge in [-0.2, -0.15) is 0 Å². The molecule has 0 saturated carbocycles. The largest absolute Gasteiger partial charge is 0.275 e. The molecule has 0 spiro atoms. The van der Waals surface area contributed by atoms with Gasteiger partial charge in [-0.05, 0) is 6.42 Å². The molecule has 0 heterocycles. The van der Waals surface area contributed by atoms with Crippen LogP contribution in [0.1, 0.15) is 34.1 Å². The molecule has 0 aliphatic rings. The first kappa shape index (κ1) is 13.5. The first-order valence-corrected chi connectivity index (χ1v) is 4.71. The standard InChI is InChI=1S/C10H20BNO2/c1-9(2,7-10(3,4)11)8(13)12(5)14-6/h7H2,1-6H3. The minimum Gasteiger partial charge on any atom is -0.275 e. The maximum absolute atomic E-state index is 11.8. The zero-order valence-corrected chi connectivity index (χ0v) is 10.0. The van der Waals surface area contributed by atoms with E-state index in [4.69, 9.17) is 12.7 Å². The molecule has 0 atom stereocenters. The van der Waals surface area contributed by atoms with E-state index in [2.05, 4.69) is 0 Å². The van der Waals surface area contributed by atoms with Gasteiger partial charge in [-0.3, -0.25) is 9.63 Å². The molecule has 80 valence electrons. The van der Waals surface area contributed by atoms with Crippen molar-refractivity contribution in [2.45, 2.75) is 39.4 Å². The van der Waals surface area contributed by atoms with E-state index in [1.165, 1.54) is 12.2 Å². The van der Waals surface area contributed by atoms with Crippen molar-refractivity contribution in [2.75, 3.05) is 14.2 Å². The van der Waals surface area contributed by atoms with Crippen molar-refractivity contribution in [1.29, 1.82) is 0 Å². The fourth-order valence-corrected chi connectivity index (χ4v) is 1.72. The van der Waals surface area contributed by atoms with Gasteiger partial charge in [0.15, 0.2) is 0 Å². The summed E-state index contributed by atoms with van der Waals surface area (Å²) in [4.78, 5) is 16.7. The molecule has 14 heavy (non-hydrogen) atoms. The van der Waals surface area contributed by atoms with Crippen LogP contribution in [0.2, 0.25) is 5.31 Å². The Bertz CT molecular complexity index is 209. The number of hydroxylamine groups is 2. The summed E-state index contributed by atoms with van der Waals surface area (Å²) in [5, 5.41) is 0.888. The molecule has 0 unspecified atom stereocenters. The molecule has 0 saturated heterocycles. The number of hydrogen-bond donors (Lipinski definition) is 0. The molecular weight excluding hydrogens is 177 g/mol. The summed E-state index contributed by atoms with van der Waals surface area (Å²) >= 11 is 0. The summed E-state index contributed by atoms with van der Waals surface area (Å²) in [7, 11) is 8.97. The first-order valence-electron chi connectivity index (χ1n) is 4.71. The van der Waals surface area contributed by atoms with Gasteiger partial charge in [-0.1, -0.05) is 33.0 Å². The fraction of sp³-hybridized carbons (Fsp3) is 0.900. The van der Waals surface area contributed by atoms with Gasteiger partial charge in [0, 0.05) is 12.5 Å². The summed E-state index contributed by atoms with van der Waals surface area (Å²) in [6, 6.07) is 0. The van der Waals surface area contributed by atoms with Crippen LogP contribution in [0.15, 0.2) is 0 Å². The van der Waals surface area contributed by atoms with Gasteiger partial charge in [0.2, 0.25) is 0 Å². The van der Waals surface area contributed by atoms with Crippen LogP contribution < -0.4 is 0 Å². The molecule has 1 amide bonds. The molecule has 0 rings (SSSR count). The average Bonchev–Trinajstić information content (AvgIpc) is 1.97. The van der Waals surface area contributed by atoms with Crippen LogP contribution in [0.5, 0.6) is 0 Å². The third-order valence-electron chi connectivity index (χ3n) is 2.04. The lowest BCUT2D eigenvalue weighted by Gasteiger charge is -2.33. The molecule has 0 aliphatic carbocycles. The number of carbonyl (C=O) groups is 1. The predicted octanol–water partition coefficient (Wildman–Crippen LogP) is 1.79. The van der Waals surface area contributed by atoms with E-state index in [9.17, 15) is 4.79 Å². The lowest BCUT2D eigenvalue weighted by Crippen LogP contribution is -2.39. The van der Waals surface area contributed by atoms with Gasteiger partial charge in [-0.15, -0.1) is 0 Å². The second-order valence-electron chi connectivity index (χ2n) is 5.03. The van der Waals surface area contributed by atoms with E-state index in [0.29, 0.717) is 6.42 Å². The molecule has 0 aromatic carbocycles. The zero-order chi connectivity index (χ0) is 11.6. The van der Waals surface area contributed by atoms with Gasteiger partial charge in [0.25, 0.3) is 5.91 Å². The van der Waals surface area contributed by atoms with E-state index in [1.807, 2.05) is 27.7 Å². The minimum atomic E-state index is -0.497. The highest BCUT2D eigenvalue weighted by atomic mass is 16.7. The molecule has 0 aliphatic heterocycles. The van der Waals surface area contributed by atoms with Crippen LogP contribution in [-0.2, 0) is 9.63 Å². The summed E-state index contributed by atoms with van der Waals surface area (Å²) in [6.07, 6.45) is 0.618. The Hall–Kier alpha value is -0.505. The molecule has 0 bridgehead atoms. The smallest absolute Gasteiger partial charge is 0.251 e. The first-order chi connectivity index (χ1) is 6.10. The molecule has 4 heteroatoms. The number of hydrogen-bond acceptors (Lipinski definition) is 2. The molecular formula is C10H20BNO2. The highest BCUT2D eigenvalue weighted by Gasteiger charge is 2.34. The minimum absolute atomic E-state index is 0.0569. The predicted molar refractivity (Wildman–Crippen MR) is 58.0 cm³/mol. The highest BCUT2D eigenvalue weighted by molar-refractivity contribution is 6.14. The highest BCUT2D eigenvalue weighted by Crippen LogP contribution is 2.37. The van der Waals surface area contributed by atoms with Gasteiger partial charge in [0.05, 0.1) is 15.0 Å². The monoisotopic (exact) mass is 197 g/mol. The second-order valence-corrected chi connectivity index (χ2v) is 5.03. The van der Waals surface area contributed by atoms with E-state index in [1.54, 1.807) is 7.05 Å². The van der Waals surface area contributed by atoms with Crippen LogP contribution in [0.3, 0.4) is 0 Å². The Balaban J connectivity index is 4.54. The second kappa shape index (κ2) is 4.34. The lowest BCUT2D eigenvalue weighted by molar-refractivity contribution is -0.179. The van der Waals surface area contributed by atoms with Gasteiger partial charge in [0.1, 0.15) is 0 Å². The van der Waals surface area contributed by atoms with Crippen molar-refractivity contribution in [3.05, 3.63) is 0 Å². The normalized spacial score (nSPS) is 12.7. The maximum atomic E-state index is 11.8. The Kier molecular flexibility index (Phi) is 4.19. The topological polar surface area (TPSA) is 29.5 Å². The van der Waals surface area contributed by atoms with Crippen molar-refractivity contribution in [1.82, 2.24) is 5.06 Å². The van der Waals surface area contributed by atoms with Crippen molar-refractivity contribution in [3.63, 3.8) is 0 Å². The van der Waals surface area contributed by atoms with E-state index in [0.717, 1.165) is 0 Å². The lowest BCUT2D eigenvalue weighted by atomic mass is 9.63. The SMILES string of the molecule is [B]C(C)(C)CC(C)(C)C(=O)N(C)OC. The summed E-state index contributed by atoms with van der Waals surface area (Å²) in [6.45, 7) is 7.57. The van der Waals surface area contributed by atoms with Crippen molar-refractivity contribution in [2.24, 2.45) is 5.41 Å². The van der Waals surface area contributed by atoms with Gasteiger partial charge < -0.3 is 0 Å².